The maximum atomic E-state index is 12.9. The number of aryl methyl sites for hydroxylation is 1. The largest absolute Gasteiger partial charge is 0.353 e. The molecule has 5 rings (SSSR count). The monoisotopic (exact) mass is 450 g/mol. The highest BCUT2D eigenvalue weighted by molar-refractivity contribution is 7.17. The van der Waals surface area contributed by atoms with Gasteiger partial charge >= 0.3 is 0 Å². The van der Waals surface area contributed by atoms with Crippen molar-refractivity contribution in [2.24, 2.45) is 5.92 Å². The molecule has 0 radical (unpaired) electrons. The number of fused-ring (bicyclic) bond motifs is 1. The number of piperidine rings is 1. The lowest BCUT2D eigenvalue weighted by Crippen LogP contribution is -2.47. The van der Waals surface area contributed by atoms with Crippen molar-refractivity contribution in [3.63, 3.8) is 0 Å². The predicted octanol–water partition coefficient (Wildman–Crippen LogP) is 4.63. The Morgan fingerprint density at radius 2 is 1.94 bits per heavy atom. The highest BCUT2D eigenvalue weighted by atomic mass is 32.1. The first-order valence-corrected chi connectivity index (χ1v) is 12.6. The highest BCUT2D eigenvalue weighted by Gasteiger charge is 2.29. The van der Waals surface area contributed by atoms with E-state index in [0.29, 0.717) is 23.2 Å². The molecule has 1 atom stereocenters. The Morgan fingerprint density at radius 3 is 2.75 bits per heavy atom. The zero-order valence-corrected chi connectivity index (χ0v) is 19.3. The van der Waals surface area contributed by atoms with Gasteiger partial charge in [-0.25, -0.2) is 4.98 Å². The zero-order chi connectivity index (χ0) is 22.1. The maximum Gasteiger partial charge on any atom is 0.270 e. The van der Waals surface area contributed by atoms with Crippen molar-refractivity contribution in [3.8, 4) is 11.1 Å². The summed E-state index contributed by atoms with van der Waals surface area (Å²) in [6, 6.07) is 8.51. The fraction of sp³-hybridized carbons (Fsp3) is 0.480. The second kappa shape index (κ2) is 9.06. The van der Waals surface area contributed by atoms with Gasteiger partial charge in [0.1, 0.15) is 4.70 Å². The van der Waals surface area contributed by atoms with Gasteiger partial charge in [0.25, 0.3) is 5.56 Å². The first-order valence-electron chi connectivity index (χ1n) is 11.7. The smallest absolute Gasteiger partial charge is 0.270 e. The van der Waals surface area contributed by atoms with Crippen molar-refractivity contribution < 1.29 is 4.79 Å². The number of amides is 1. The molecule has 1 aliphatic heterocycles. The number of benzene rings is 1. The normalized spacial score (nSPS) is 19.9. The van der Waals surface area contributed by atoms with E-state index in [9.17, 15) is 9.59 Å². The third-order valence-electron chi connectivity index (χ3n) is 6.89. The van der Waals surface area contributed by atoms with Gasteiger partial charge in [0, 0.05) is 30.1 Å². The molecular formula is C25H30N4O2S. The lowest BCUT2D eigenvalue weighted by atomic mass is 9.93. The van der Waals surface area contributed by atoms with Crippen LogP contribution in [0, 0.1) is 12.8 Å². The first kappa shape index (κ1) is 21.2. The topological polar surface area (TPSA) is 78.1 Å². The van der Waals surface area contributed by atoms with Gasteiger partial charge in [-0.1, -0.05) is 43.5 Å². The molecule has 0 unspecified atom stereocenters. The van der Waals surface area contributed by atoms with E-state index in [1.165, 1.54) is 30.6 Å². The van der Waals surface area contributed by atoms with Crippen LogP contribution in [0.4, 0.5) is 5.95 Å². The van der Waals surface area contributed by atoms with E-state index in [0.717, 1.165) is 54.4 Å². The SMILES string of the molecule is Cc1ccccc1-c1csc2c(=O)[nH]c(N3CCC[C@@H](C(=O)NC4CCCCC4)C3)nc12. The van der Waals surface area contributed by atoms with Gasteiger partial charge in [-0.05, 0) is 43.7 Å². The van der Waals surface area contributed by atoms with Crippen molar-refractivity contribution in [1.82, 2.24) is 15.3 Å². The van der Waals surface area contributed by atoms with E-state index >= 15 is 0 Å². The number of aromatic nitrogens is 2. The van der Waals surface area contributed by atoms with Gasteiger partial charge in [0.15, 0.2) is 0 Å². The van der Waals surface area contributed by atoms with Crippen molar-refractivity contribution in [3.05, 3.63) is 45.6 Å². The van der Waals surface area contributed by atoms with Crippen LogP contribution in [0.5, 0.6) is 0 Å². The molecule has 7 heteroatoms. The average molecular weight is 451 g/mol. The Labute approximate surface area is 192 Å². The van der Waals surface area contributed by atoms with Gasteiger partial charge in [-0.15, -0.1) is 11.3 Å². The number of rotatable bonds is 4. The molecular weight excluding hydrogens is 420 g/mol. The van der Waals surface area contributed by atoms with Crippen molar-refractivity contribution in [2.45, 2.75) is 57.9 Å². The van der Waals surface area contributed by atoms with Gasteiger partial charge in [0.05, 0.1) is 11.4 Å². The van der Waals surface area contributed by atoms with Gasteiger partial charge in [-0.2, -0.15) is 0 Å². The second-order valence-corrected chi connectivity index (χ2v) is 10.0. The Balaban J connectivity index is 1.40. The van der Waals surface area contributed by atoms with E-state index < -0.39 is 0 Å². The molecule has 2 aromatic heterocycles. The number of carbonyl (C=O) groups excluding carboxylic acids is 1. The number of H-pyrrole nitrogens is 1. The summed E-state index contributed by atoms with van der Waals surface area (Å²) >= 11 is 1.44. The summed E-state index contributed by atoms with van der Waals surface area (Å²) in [4.78, 5) is 35.7. The van der Waals surface area contributed by atoms with E-state index in [1.807, 2.05) is 17.5 Å². The number of thiophene rings is 1. The molecule has 3 aromatic rings. The molecule has 1 amide bonds. The molecule has 0 bridgehead atoms. The predicted molar refractivity (Wildman–Crippen MR) is 130 cm³/mol. The third kappa shape index (κ3) is 4.18. The molecule has 2 N–H and O–H groups in total. The summed E-state index contributed by atoms with van der Waals surface area (Å²) in [7, 11) is 0. The third-order valence-corrected chi connectivity index (χ3v) is 7.86. The van der Waals surface area contributed by atoms with E-state index in [-0.39, 0.29) is 17.4 Å². The lowest BCUT2D eigenvalue weighted by molar-refractivity contribution is -0.126. The highest BCUT2D eigenvalue weighted by Crippen LogP contribution is 2.34. The molecule has 1 aromatic carbocycles. The van der Waals surface area contributed by atoms with Crippen LogP contribution in [0.1, 0.15) is 50.5 Å². The quantitative estimate of drug-likeness (QED) is 0.608. The molecule has 1 aliphatic carbocycles. The Morgan fingerprint density at radius 1 is 1.12 bits per heavy atom. The Kier molecular flexibility index (Phi) is 6.00. The molecule has 2 aliphatic rings. The summed E-state index contributed by atoms with van der Waals surface area (Å²) in [6.45, 7) is 3.47. The molecule has 3 heterocycles. The first-order chi connectivity index (χ1) is 15.6. The lowest BCUT2D eigenvalue weighted by Gasteiger charge is -2.33. The van der Waals surface area contributed by atoms with Crippen LogP contribution >= 0.6 is 11.3 Å². The van der Waals surface area contributed by atoms with Crippen LogP contribution in [-0.2, 0) is 4.79 Å². The minimum Gasteiger partial charge on any atom is -0.353 e. The second-order valence-electron chi connectivity index (χ2n) is 9.16. The molecule has 1 saturated carbocycles. The molecule has 0 spiro atoms. The fourth-order valence-electron chi connectivity index (χ4n) is 5.08. The number of nitrogens with one attached hydrogen (secondary N) is 2. The Bertz CT molecular complexity index is 1180. The van der Waals surface area contributed by atoms with Gasteiger partial charge in [-0.3, -0.25) is 14.6 Å². The average Bonchev–Trinajstić information content (AvgIpc) is 3.24. The summed E-state index contributed by atoms with van der Waals surface area (Å²) in [5.41, 5.74) is 3.90. The summed E-state index contributed by atoms with van der Waals surface area (Å²) < 4.78 is 0.649. The van der Waals surface area contributed by atoms with E-state index in [4.69, 9.17) is 4.98 Å². The molecule has 1 saturated heterocycles. The minimum atomic E-state index is -0.108. The summed E-state index contributed by atoms with van der Waals surface area (Å²) in [5.74, 6) is 0.664. The number of anilines is 1. The van der Waals surface area contributed by atoms with Crippen LogP contribution in [0.15, 0.2) is 34.4 Å². The number of hydrogen-bond acceptors (Lipinski definition) is 5. The molecule has 32 heavy (non-hydrogen) atoms. The molecule has 168 valence electrons. The van der Waals surface area contributed by atoms with Crippen molar-refractivity contribution >= 4 is 33.4 Å². The summed E-state index contributed by atoms with van der Waals surface area (Å²) in [5, 5.41) is 5.30. The zero-order valence-electron chi connectivity index (χ0n) is 18.5. The van der Waals surface area contributed by atoms with E-state index in [1.54, 1.807) is 0 Å². The van der Waals surface area contributed by atoms with Crippen LogP contribution in [0.2, 0.25) is 0 Å². The standard InChI is InChI=1S/C25H30N4O2S/c1-16-8-5-6-12-19(16)20-15-32-22-21(20)27-25(28-24(22)31)29-13-7-9-17(14-29)23(30)26-18-10-3-2-4-11-18/h5-6,8,12,15,17-18H,2-4,7,9-11,13-14H2,1H3,(H,26,30)(H,27,28,31)/t17-/m1/s1. The fourth-order valence-corrected chi connectivity index (χ4v) is 5.98. The van der Waals surface area contributed by atoms with Crippen LogP contribution < -0.4 is 15.8 Å². The number of hydrogen-bond donors (Lipinski definition) is 2. The van der Waals surface area contributed by atoms with Crippen LogP contribution in [0.3, 0.4) is 0 Å². The minimum absolute atomic E-state index is 0.0648. The van der Waals surface area contributed by atoms with E-state index in [2.05, 4.69) is 34.3 Å². The van der Waals surface area contributed by atoms with Gasteiger partial charge in [0.2, 0.25) is 11.9 Å². The molecule has 2 fully saturated rings. The van der Waals surface area contributed by atoms with Crippen LogP contribution in [-0.4, -0.2) is 35.0 Å². The van der Waals surface area contributed by atoms with Crippen molar-refractivity contribution in [1.29, 1.82) is 0 Å². The number of carbonyl (C=O) groups is 1. The number of aromatic amines is 1. The Hall–Kier alpha value is -2.67. The number of nitrogens with zero attached hydrogens (tertiary/aromatic N) is 2. The maximum absolute atomic E-state index is 12.9. The van der Waals surface area contributed by atoms with Crippen LogP contribution in [0.25, 0.3) is 21.3 Å². The molecule has 6 nitrogen and oxygen atoms in total. The van der Waals surface area contributed by atoms with Crippen molar-refractivity contribution in [2.75, 3.05) is 18.0 Å². The van der Waals surface area contributed by atoms with Gasteiger partial charge < -0.3 is 10.2 Å². The summed E-state index contributed by atoms with van der Waals surface area (Å²) in [6.07, 6.45) is 7.67.